The van der Waals surface area contributed by atoms with Gasteiger partial charge in [0, 0.05) is 43.1 Å². The lowest BCUT2D eigenvalue weighted by atomic mass is 10.1. The zero-order chi connectivity index (χ0) is 16.6. The number of nitrogens with zero attached hydrogens (tertiary/aromatic N) is 2. The van der Waals surface area contributed by atoms with E-state index in [4.69, 9.17) is 4.74 Å². The van der Waals surface area contributed by atoms with Crippen LogP contribution in [0.3, 0.4) is 0 Å². The average molecular weight is 337 g/mol. The van der Waals surface area contributed by atoms with Gasteiger partial charge in [-0.05, 0) is 18.2 Å². The van der Waals surface area contributed by atoms with Gasteiger partial charge in [0.25, 0.3) is 5.56 Å². The number of ether oxygens (including phenoxy) is 1. The van der Waals surface area contributed by atoms with E-state index < -0.39 is 10.0 Å². The van der Waals surface area contributed by atoms with Gasteiger partial charge in [0.05, 0.1) is 19.1 Å². The van der Waals surface area contributed by atoms with Crippen molar-refractivity contribution in [2.45, 2.75) is 0 Å². The molecule has 0 saturated carbocycles. The van der Waals surface area contributed by atoms with Crippen LogP contribution in [0.15, 0.2) is 29.2 Å². The number of aromatic nitrogens is 1. The molecule has 0 aliphatic carbocycles. The van der Waals surface area contributed by atoms with E-state index in [1.54, 1.807) is 25.4 Å². The molecule has 7 nitrogen and oxygen atoms in total. The molecule has 3 rings (SSSR count). The Kier molecular flexibility index (Phi) is 4.03. The Hall–Kier alpha value is -2.06. The number of piperazine rings is 1. The number of rotatable bonds is 3. The summed E-state index contributed by atoms with van der Waals surface area (Å²) in [6, 6.07) is 5.33. The van der Waals surface area contributed by atoms with Crippen LogP contribution in [0.5, 0.6) is 5.75 Å². The molecule has 1 aliphatic rings. The van der Waals surface area contributed by atoms with Crippen LogP contribution in [-0.2, 0) is 10.0 Å². The maximum absolute atomic E-state index is 12.0. The Morgan fingerprint density at radius 2 is 1.83 bits per heavy atom. The van der Waals surface area contributed by atoms with Crippen LogP contribution in [0.25, 0.3) is 10.8 Å². The summed E-state index contributed by atoms with van der Waals surface area (Å²) < 4.78 is 29.9. The van der Waals surface area contributed by atoms with Gasteiger partial charge in [0.15, 0.2) is 0 Å². The summed E-state index contributed by atoms with van der Waals surface area (Å²) >= 11 is 0. The Labute approximate surface area is 134 Å². The van der Waals surface area contributed by atoms with Gasteiger partial charge in [0.1, 0.15) is 5.75 Å². The summed E-state index contributed by atoms with van der Waals surface area (Å²) in [4.78, 5) is 16.8. The van der Waals surface area contributed by atoms with Gasteiger partial charge in [-0.2, -0.15) is 4.31 Å². The first-order chi connectivity index (χ1) is 10.9. The molecule has 2 aromatic rings. The van der Waals surface area contributed by atoms with Crippen LogP contribution in [0.2, 0.25) is 0 Å². The monoisotopic (exact) mass is 337 g/mol. The molecule has 0 amide bonds. The molecule has 2 heterocycles. The number of aromatic amines is 1. The van der Waals surface area contributed by atoms with Gasteiger partial charge in [-0.15, -0.1) is 0 Å². The number of H-pyrrole nitrogens is 1. The fraction of sp³-hybridized carbons (Fsp3) is 0.400. The molecule has 0 spiro atoms. The molecule has 1 aromatic carbocycles. The molecule has 1 aliphatic heterocycles. The third-order valence-corrected chi connectivity index (χ3v) is 5.44. The maximum Gasteiger partial charge on any atom is 0.255 e. The molecule has 1 N–H and O–H groups in total. The summed E-state index contributed by atoms with van der Waals surface area (Å²) in [5.41, 5.74) is 0.729. The van der Waals surface area contributed by atoms with Gasteiger partial charge in [-0.3, -0.25) is 4.79 Å². The summed E-state index contributed by atoms with van der Waals surface area (Å²) in [6.07, 6.45) is 2.91. The molecule has 1 saturated heterocycles. The first kappa shape index (κ1) is 15.8. The van der Waals surface area contributed by atoms with Crippen LogP contribution in [0.1, 0.15) is 0 Å². The Morgan fingerprint density at radius 3 is 2.43 bits per heavy atom. The minimum Gasteiger partial charge on any atom is -0.497 e. The summed E-state index contributed by atoms with van der Waals surface area (Å²) in [6.45, 7) is 2.02. The van der Waals surface area contributed by atoms with E-state index in [1.807, 2.05) is 6.07 Å². The largest absolute Gasteiger partial charge is 0.497 e. The van der Waals surface area contributed by atoms with Crippen LogP contribution in [0, 0.1) is 0 Å². The van der Waals surface area contributed by atoms with Crippen molar-refractivity contribution >= 4 is 26.5 Å². The van der Waals surface area contributed by atoms with Crippen LogP contribution in [0.4, 0.5) is 5.69 Å². The number of nitrogens with one attached hydrogen (secondary N) is 1. The summed E-state index contributed by atoms with van der Waals surface area (Å²) in [7, 11) is -1.58. The minimum atomic E-state index is -3.16. The molecule has 23 heavy (non-hydrogen) atoms. The van der Waals surface area contributed by atoms with Crippen LogP contribution in [-0.4, -0.2) is 57.3 Å². The predicted octanol–water partition coefficient (Wildman–Crippen LogP) is 0.618. The normalized spacial score (nSPS) is 16.7. The lowest BCUT2D eigenvalue weighted by molar-refractivity contribution is 0.388. The highest BCUT2D eigenvalue weighted by Gasteiger charge is 2.24. The van der Waals surface area contributed by atoms with E-state index >= 15 is 0 Å². The second-order valence-corrected chi connectivity index (χ2v) is 7.55. The molecule has 0 atom stereocenters. The molecule has 0 radical (unpaired) electrons. The van der Waals surface area contributed by atoms with Crippen molar-refractivity contribution in [2.24, 2.45) is 0 Å². The van der Waals surface area contributed by atoms with Gasteiger partial charge in [0.2, 0.25) is 10.0 Å². The minimum absolute atomic E-state index is 0.152. The third kappa shape index (κ3) is 3.04. The van der Waals surface area contributed by atoms with Crippen molar-refractivity contribution in [3.8, 4) is 5.75 Å². The van der Waals surface area contributed by atoms with Crippen LogP contribution < -0.4 is 15.2 Å². The van der Waals surface area contributed by atoms with E-state index in [1.165, 1.54) is 10.6 Å². The quantitative estimate of drug-likeness (QED) is 0.888. The second kappa shape index (κ2) is 5.86. The predicted molar refractivity (Wildman–Crippen MR) is 89.8 cm³/mol. The topological polar surface area (TPSA) is 82.7 Å². The SMILES string of the molecule is COc1ccc2c(=O)[nH]cc(N3CCN(S(C)(=O)=O)CC3)c2c1. The van der Waals surface area contributed by atoms with E-state index in [2.05, 4.69) is 9.88 Å². The molecule has 1 aromatic heterocycles. The molecule has 0 bridgehead atoms. The summed E-state index contributed by atoms with van der Waals surface area (Å²) in [5.74, 6) is 0.680. The molecular weight excluding hydrogens is 318 g/mol. The number of methoxy groups -OCH3 is 1. The van der Waals surface area contributed by atoms with E-state index in [9.17, 15) is 13.2 Å². The van der Waals surface area contributed by atoms with Gasteiger partial charge < -0.3 is 14.6 Å². The van der Waals surface area contributed by atoms with Crippen molar-refractivity contribution in [1.29, 1.82) is 0 Å². The molecule has 8 heteroatoms. The van der Waals surface area contributed by atoms with Crippen molar-refractivity contribution < 1.29 is 13.2 Å². The number of hydrogen-bond acceptors (Lipinski definition) is 5. The number of benzene rings is 1. The Morgan fingerprint density at radius 1 is 1.13 bits per heavy atom. The zero-order valence-electron chi connectivity index (χ0n) is 13.1. The van der Waals surface area contributed by atoms with E-state index in [0.29, 0.717) is 37.3 Å². The van der Waals surface area contributed by atoms with Gasteiger partial charge in [-0.25, -0.2) is 8.42 Å². The number of hydrogen-bond donors (Lipinski definition) is 1. The zero-order valence-corrected chi connectivity index (χ0v) is 13.9. The Bertz CT molecular complexity index is 883. The fourth-order valence-electron chi connectivity index (χ4n) is 2.87. The third-order valence-electron chi connectivity index (χ3n) is 4.14. The van der Waals surface area contributed by atoms with Crippen molar-refractivity contribution in [1.82, 2.24) is 9.29 Å². The van der Waals surface area contributed by atoms with Crippen molar-refractivity contribution in [2.75, 3.05) is 44.4 Å². The fourth-order valence-corrected chi connectivity index (χ4v) is 3.70. The molecule has 1 fully saturated rings. The highest BCUT2D eigenvalue weighted by molar-refractivity contribution is 7.88. The standard InChI is InChI=1S/C15H19N3O4S/c1-22-11-3-4-12-13(9-11)14(10-16-15(12)19)17-5-7-18(8-6-17)23(2,20)21/h3-4,9-10H,5-8H2,1-2H3,(H,16,19). The van der Waals surface area contributed by atoms with Crippen molar-refractivity contribution in [3.63, 3.8) is 0 Å². The number of pyridine rings is 1. The lowest BCUT2D eigenvalue weighted by Gasteiger charge is -2.35. The van der Waals surface area contributed by atoms with E-state index in [0.717, 1.165) is 11.1 Å². The first-order valence-corrected chi connectivity index (χ1v) is 9.14. The lowest BCUT2D eigenvalue weighted by Crippen LogP contribution is -2.48. The Balaban J connectivity index is 1.98. The smallest absolute Gasteiger partial charge is 0.255 e. The maximum atomic E-state index is 12.0. The van der Waals surface area contributed by atoms with Crippen LogP contribution >= 0.6 is 0 Å². The number of anilines is 1. The van der Waals surface area contributed by atoms with Gasteiger partial charge in [-0.1, -0.05) is 0 Å². The number of fused-ring (bicyclic) bond motifs is 1. The molecule has 124 valence electrons. The highest BCUT2D eigenvalue weighted by Crippen LogP contribution is 2.28. The van der Waals surface area contributed by atoms with Gasteiger partial charge >= 0.3 is 0 Å². The van der Waals surface area contributed by atoms with E-state index in [-0.39, 0.29) is 5.56 Å². The summed E-state index contributed by atoms with van der Waals surface area (Å²) in [5, 5.41) is 1.40. The first-order valence-electron chi connectivity index (χ1n) is 7.29. The second-order valence-electron chi connectivity index (χ2n) is 5.56. The number of sulfonamides is 1. The van der Waals surface area contributed by atoms with Crippen molar-refractivity contribution in [3.05, 3.63) is 34.7 Å². The molecular formula is C15H19N3O4S. The highest BCUT2D eigenvalue weighted by atomic mass is 32.2. The average Bonchev–Trinajstić information content (AvgIpc) is 2.54. The molecule has 0 unspecified atom stereocenters.